The fourth-order valence-corrected chi connectivity index (χ4v) is 5.12. The topological polar surface area (TPSA) is 115 Å². The predicted molar refractivity (Wildman–Crippen MR) is 130 cm³/mol. The molecule has 0 aliphatic carbocycles. The molecular weight excluding hydrogens is 512 g/mol. The lowest BCUT2D eigenvalue weighted by atomic mass is 10.0. The number of amides is 1. The number of hydrogen-bond donors (Lipinski definition) is 2. The van der Waals surface area contributed by atoms with Gasteiger partial charge in [0.05, 0.1) is 16.3 Å². The van der Waals surface area contributed by atoms with Gasteiger partial charge in [0, 0.05) is 16.2 Å². The maximum Gasteiger partial charge on any atom is 0.238 e. The fourth-order valence-electron chi connectivity index (χ4n) is 3.17. The van der Waals surface area contributed by atoms with Gasteiger partial charge < -0.3 is 5.32 Å². The number of aromatic nitrogens is 2. The van der Waals surface area contributed by atoms with Crippen LogP contribution < -0.4 is 10.5 Å². The van der Waals surface area contributed by atoms with Crippen molar-refractivity contribution < 1.29 is 13.2 Å². The van der Waals surface area contributed by atoms with Crippen LogP contribution in [-0.2, 0) is 14.8 Å². The molecule has 1 aromatic heterocycles. The van der Waals surface area contributed by atoms with Crippen molar-refractivity contribution in [1.29, 1.82) is 0 Å². The van der Waals surface area contributed by atoms with Crippen molar-refractivity contribution in [1.82, 2.24) is 9.97 Å². The molecule has 0 unspecified atom stereocenters. The molecule has 32 heavy (non-hydrogen) atoms. The highest BCUT2D eigenvalue weighted by Crippen LogP contribution is 2.34. The van der Waals surface area contributed by atoms with E-state index in [1.54, 1.807) is 6.20 Å². The number of thioether (sulfide) groups is 1. The summed E-state index contributed by atoms with van der Waals surface area (Å²) in [4.78, 5) is 21.0. The first-order valence-electron chi connectivity index (χ1n) is 9.36. The third kappa shape index (κ3) is 4.99. The number of nitrogens with one attached hydrogen (secondary N) is 1. The maximum atomic E-state index is 12.5. The van der Waals surface area contributed by atoms with Crippen molar-refractivity contribution in [2.24, 2.45) is 5.14 Å². The molecule has 0 bridgehead atoms. The largest absolute Gasteiger partial charge is 0.324 e. The number of primary sulfonamides is 1. The summed E-state index contributed by atoms with van der Waals surface area (Å²) in [5, 5.41) is 10.8. The van der Waals surface area contributed by atoms with E-state index in [0.29, 0.717) is 15.2 Å². The number of fused-ring (bicyclic) bond motifs is 1. The summed E-state index contributed by atoms with van der Waals surface area (Å²) >= 11 is 4.56. The van der Waals surface area contributed by atoms with Gasteiger partial charge in [0.25, 0.3) is 0 Å². The van der Waals surface area contributed by atoms with E-state index in [0.717, 1.165) is 21.9 Å². The van der Waals surface area contributed by atoms with Crippen LogP contribution in [-0.4, -0.2) is 30.0 Å². The monoisotopic (exact) mass is 528 g/mol. The Hall–Kier alpha value is -2.79. The Labute approximate surface area is 197 Å². The highest BCUT2D eigenvalue weighted by atomic mass is 79.9. The van der Waals surface area contributed by atoms with Crippen molar-refractivity contribution in [2.75, 3.05) is 11.1 Å². The zero-order valence-electron chi connectivity index (χ0n) is 16.5. The average Bonchev–Trinajstić information content (AvgIpc) is 2.78. The molecule has 1 amide bonds. The first kappa shape index (κ1) is 22.4. The molecule has 0 spiro atoms. The van der Waals surface area contributed by atoms with Crippen LogP contribution in [0.15, 0.2) is 87.6 Å². The van der Waals surface area contributed by atoms with Gasteiger partial charge in [-0.3, -0.25) is 4.79 Å². The number of anilines is 1. The Morgan fingerprint density at radius 2 is 1.84 bits per heavy atom. The molecule has 0 saturated heterocycles. The summed E-state index contributed by atoms with van der Waals surface area (Å²) < 4.78 is 23.3. The predicted octanol–water partition coefficient (Wildman–Crippen LogP) is 4.44. The molecule has 4 aromatic rings. The minimum absolute atomic E-state index is 0.0440. The molecule has 0 fully saturated rings. The van der Waals surface area contributed by atoms with E-state index in [1.165, 1.54) is 36.3 Å². The molecule has 0 saturated carbocycles. The molecule has 0 atom stereocenters. The molecule has 7 nitrogen and oxygen atoms in total. The number of carbonyl (C=O) groups is 1. The van der Waals surface area contributed by atoms with Crippen molar-refractivity contribution in [3.8, 4) is 11.1 Å². The minimum Gasteiger partial charge on any atom is -0.324 e. The van der Waals surface area contributed by atoms with E-state index in [9.17, 15) is 13.2 Å². The lowest BCUT2D eigenvalue weighted by Crippen LogP contribution is -2.16. The Kier molecular flexibility index (Phi) is 6.56. The van der Waals surface area contributed by atoms with Crippen LogP contribution in [0.1, 0.15) is 0 Å². The quantitative estimate of drug-likeness (QED) is 0.282. The van der Waals surface area contributed by atoms with Crippen LogP contribution in [0.25, 0.3) is 21.9 Å². The van der Waals surface area contributed by atoms with Gasteiger partial charge in [-0.05, 0) is 50.5 Å². The van der Waals surface area contributed by atoms with Gasteiger partial charge in [0.2, 0.25) is 15.9 Å². The van der Waals surface area contributed by atoms with Gasteiger partial charge in [-0.2, -0.15) is 0 Å². The summed E-state index contributed by atoms with van der Waals surface area (Å²) in [6.45, 7) is 0. The van der Waals surface area contributed by atoms with Gasteiger partial charge in [-0.1, -0.05) is 54.2 Å². The molecule has 0 radical (unpaired) electrons. The van der Waals surface area contributed by atoms with E-state index < -0.39 is 10.0 Å². The van der Waals surface area contributed by atoms with E-state index in [2.05, 4.69) is 31.2 Å². The molecule has 10 heteroatoms. The Morgan fingerprint density at radius 3 is 2.62 bits per heavy atom. The van der Waals surface area contributed by atoms with Gasteiger partial charge in [-0.25, -0.2) is 23.5 Å². The molecule has 3 N–H and O–H groups in total. The number of nitrogens with zero attached hydrogens (tertiary/aromatic N) is 2. The van der Waals surface area contributed by atoms with Gasteiger partial charge in [-0.15, -0.1) is 0 Å². The lowest BCUT2D eigenvalue weighted by Gasteiger charge is -2.11. The van der Waals surface area contributed by atoms with E-state index >= 15 is 0 Å². The number of halogens is 1. The Morgan fingerprint density at radius 1 is 1.06 bits per heavy atom. The summed E-state index contributed by atoms with van der Waals surface area (Å²) in [5.74, 6) is -0.153. The van der Waals surface area contributed by atoms with E-state index in [1.807, 2.05) is 42.5 Å². The number of sulfonamides is 1. The molecular formula is C22H17BrN4O3S2. The summed E-state index contributed by atoms with van der Waals surface area (Å²) in [5.41, 5.74) is 2.29. The van der Waals surface area contributed by atoms with Crippen molar-refractivity contribution in [3.05, 3.63) is 77.7 Å². The zero-order valence-corrected chi connectivity index (χ0v) is 19.7. The number of rotatable bonds is 6. The van der Waals surface area contributed by atoms with Crippen LogP contribution in [0.5, 0.6) is 0 Å². The highest BCUT2D eigenvalue weighted by Gasteiger charge is 2.15. The Bertz CT molecular complexity index is 1420. The van der Waals surface area contributed by atoms with Crippen molar-refractivity contribution >= 4 is 60.1 Å². The normalized spacial score (nSPS) is 11.4. The molecule has 162 valence electrons. The van der Waals surface area contributed by atoms with Gasteiger partial charge >= 0.3 is 0 Å². The SMILES string of the molecule is NS(=O)(=O)c1ccc(NC(=O)CSc2ncncc2-c2cccc3ccccc23)c(Br)c1. The smallest absolute Gasteiger partial charge is 0.238 e. The third-order valence-electron chi connectivity index (χ3n) is 4.64. The number of carbonyl (C=O) groups excluding carboxylic acids is 1. The second-order valence-electron chi connectivity index (χ2n) is 6.79. The lowest BCUT2D eigenvalue weighted by molar-refractivity contribution is -0.113. The molecule has 3 aromatic carbocycles. The standard InChI is InChI=1S/C22H17BrN4O3S2/c23-19-10-15(32(24,29)30)8-9-20(19)27-21(28)12-31-22-18(11-25-13-26-22)17-7-3-5-14-4-1-2-6-16(14)17/h1-11,13H,12H2,(H,27,28)(H2,24,29,30). The second kappa shape index (κ2) is 9.37. The van der Waals surface area contributed by atoms with Crippen LogP contribution in [0.4, 0.5) is 5.69 Å². The summed E-state index contributed by atoms with van der Waals surface area (Å²) in [6.07, 6.45) is 3.20. The molecule has 1 heterocycles. The van der Waals surface area contributed by atoms with E-state index in [-0.39, 0.29) is 16.6 Å². The van der Waals surface area contributed by atoms with Crippen LogP contribution in [0, 0.1) is 0 Å². The van der Waals surface area contributed by atoms with E-state index in [4.69, 9.17) is 5.14 Å². The number of nitrogens with two attached hydrogens (primary N) is 1. The van der Waals surface area contributed by atoms with Gasteiger partial charge in [0.15, 0.2) is 0 Å². The summed E-state index contributed by atoms with van der Waals surface area (Å²) in [6, 6.07) is 18.3. The van der Waals surface area contributed by atoms with Crippen LogP contribution in [0.3, 0.4) is 0 Å². The average molecular weight is 529 g/mol. The van der Waals surface area contributed by atoms with Crippen molar-refractivity contribution in [3.63, 3.8) is 0 Å². The highest BCUT2D eigenvalue weighted by molar-refractivity contribution is 9.10. The molecule has 4 rings (SSSR count). The van der Waals surface area contributed by atoms with Gasteiger partial charge in [0.1, 0.15) is 11.4 Å². The zero-order chi connectivity index (χ0) is 22.7. The summed E-state index contributed by atoms with van der Waals surface area (Å²) in [7, 11) is -3.82. The van der Waals surface area contributed by atoms with Crippen molar-refractivity contribution in [2.45, 2.75) is 9.92 Å². The molecule has 0 aliphatic rings. The number of benzene rings is 3. The third-order valence-corrected chi connectivity index (χ3v) is 7.21. The fraction of sp³-hybridized carbons (Fsp3) is 0.0455. The van der Waals surface area contributed by atoms with Crippen LogP contribution in [0.2, 0.25) is 0 Å². The van der Waals surface area contributed by atoms with Crippen LogP contribution >= 0.6 is 27.7 Å². The number of hydrogen-bond acceptors (Lipinski definition) is 6. The first-order valence-corrected chi connectivity index (χ1v) is 12.7. The minimum atomic E-state index is -3.82. The first-order chi connectivity index (χ1) is 15.3. The maximum absolute atomic E-state index is 12.5. The molecule has 0 aliphatic heterocycles. The Balaban J connectivity index is 1.52. The second-order valence-corrected chi connectivity index (χ2v) is 10.2.